The molecule has 1 aromatic heterocycles. The molecule has 1 aromatic rings. The second kappa shape index (κ2) is 10.2. The predicted molar refractivity (Wildman–Crippen MR) is 96.9 cm³/mol. The minimum atomic E-state index is -0.671. The van der Waals surface area contributed by atoms with Gasteiger partial charge < -0.3 is 9.84 Å². The number of nitrogens with zero attached hydrogens (tertiary/aromatic N) is 4. The van der Waals surface area contributed by atoms with Crippen LogP contribution >= 0.6 is 0 Å². The zero-order valence-electron chi connectivity index (χ0n) is 15.1. The molecule has 1 fully saturated rings. The summed E-state index contributed by atoms with van der Waals surface area (Å²) >= 11 is 0. The number of nitrogens with one attached hydrogen (secondary N) is 1. The molecule has 2 heterocycles. The number of hydrogen-bond donors (Lipinski definition) is 2. The first-order chi connectivity index (χ1) is 12.6. The van der Waals surface area contributed by atoms with E-state index in [4.69, 9.17) is 10.3 Å². The first kappa shape index (κ1) is 20.2. The fraction of sp³-hybridized carbons (Fsp3) is 0.765. The topological polar surface area (TPSA) is 133 Å². The number of aliphatic hydroxyl groups excluding tert-OH is 1. The van der Waals surface area contributed by atoms with Gasteiger partial charge in [0.15, 0.2) is 0 Å². The van der Waals surface area contributed by atoms with Gasteiger partial charge in [-0.3, -0.25) is 14.3 Å². The van der Waals surface area contributed by atoms with Crippen molar-refractivity contribution in [3.63, 3.8) is 0 Å². The van der Waals surface area contributed by atoms with E-state index >= 15 is 0 Å². The standard InChI is InChI=1S/C17H27N5O4/c1-2-3-4-5-6-7-8-12-10-22(17(25)19-16(12)24)15-9-13(20-21-18)14(11-23)26-15/h10,13-15,23H,2-9,11H2,1H3,(H,19,24,25)/t13-,14+,15+/m0/s1. The SMILES string of the molecule is CCCCCCCCc1cn([C@H]2C[C@H](N=[N+]=[N-])[C@@H](CO)O2)c(=O)[nH]c1=O. The average Bonchev–Trinajstić information content (AvgIpc) is 3.02. The van der Waals surface area contributed by atoms with Gasteiger partial charge in [0.1, 0.15) is 6.23 Å². The molecule has 9 heteroatoms. The van der Waals surface area contributed by atoms with Crippen molar-refractivity contribution in [2.24, 2.45) is 5.11 Å². The van der Waals surface area contributed by atoms with E-state index in [1.165, 1.54) is 30.0 Å². The van der Waals surface area contributed by atoms with Crippen molar-refractivity contribution in [3.8, 4) is 0 Å². The number of aliphatic hydroxyl groups is 1. The largest absolute Gasteiger partial charge is 0.394 e. The lowest BCUT2D eigenvalue weighted by Gasteiger charge is -2.15. The number of aromatic amines is 1. The van der Waals surface area contributed by atoms with Crippen LogP contribution < -0.4 is 11.2 Å². The Balaban J connectivity index is 2.06. The van der Waals surface area contributed by atoms with Gasteiger partial charge >= 0.3 is 5.69 Å². The molecule has 0 aromatic carbocycles. The number of H-pyrrole nitrogens is 1. The summed E-state index contributed by atoms with van der Waals surface area (Å²) in [5, 5.41) is 13.0. The van der Waals surface area contributed by atoms with E-state index in [2.05, 4.69) is 21.9 Å². The van der Waals surface area contributed by atoms with Crippen molar-refractivity contribution in [1.29, 1.82) is 0 Å². The molecule has 0 unspecified atom stereocenters. The third-order valence-corrected chi connectivity index (χ3v) is 4.74. The second-order valence-electron chi connectivity index (χ2n) is 6.66. The molecule has 3 atom stereocenters. The first-order valence-electron chi connectivity index (χ1n) is 9.25. The lowest BCUT2D eigenvalue weighted by Crippen LogP contribution is -2.34. The third kappa shape index (κ3) is 5.20. The minimum absolute atomic E-state index is 0.275. The van der Waals surface area contributed by atoms with Gasteiger partial charge in [-0.25, -0.2) is 4.79 Å². The Morgan fingerprint density at radius 2 is 2.08 bits per heavy atom. The van der Waals surface area contributed by atoms with E-state index in [-0.39, 0.29) is 18.6 Å². The van der Waals surface area contributed by atoms with E-state index < -0.39 is 24.1 Å². The Hall–Kier alpha value is -2.09. The van der Waals surface area contributed by atoms with Crippen LogP contribution in [0.5, 0.6) is 0 Å². The van der Waals surface area contributed by atoms with Crippen molar-refractivity contribution in [2.45, 2.75) is 76.7 Å². The van der Waals surface area contributed by atoms with Crippen LogP contribution in [0.4, 0.5) is 0 Å². The number of azide groups is 1. The molecule has 1 aliphatic rings. The molecular formula is C17H27N5O4. The molecular weight excluding hydrogens is 338 g/mol. The zero-order valence-corrected chi connectivity index (χ0v) is 15.1. The van der Waals surface area contributed by atoms with E-state index in [0.29, 0.717) is 12.0 Å². The lowest BCUT2D eigenvalue weighted by molar-refractivity contribution is -0.0271. The predicted octanol–water partition coefficient (Wildman–Crippen LogP) is 2.40. The fourth-order valence-electron chi connectivity index (χ4n) is 3.25. The number of aromatic nitrogens is 2. The summed E-state index contributed by atoms with van der Waals surface area (Å²) in [7, 11) is 0. The highest BCUT2D eigenvalue weighted by Gasteiger charge is 2.35. The summed E-state index contributed by atoms with van der Waals surface area (Å²) in [6, 6.07) is -0.546. The van der Waals surface area contributed by atoms with Crippen molar-refractivity contribution >= 4 is 0 Å². The highest BCUT2D eigenvalue weighted by molar-refractivity contribution is 5.06. The van der Waals surface area contributed by atoms with Gasteiger partial charge in [-0.2, -0.15) is 0 Å². The molecule has 26 heavy (non-hydrogen) atoms. The van der Waals surface area contributed by atoms with Crippen LogP contribution in [0.2, 0.25) is 0 Å². The van der Waals surface area contributed by atoms with Gasteiger partial charge in [0, 0.05) is 23.1 Å². The maximum Gasteiger partial charge on any atom is 0.330 e. The molecule has 0 spiro atoms. The lowest BCUT2D eigenvalue weighted by atomic mass is 10.1. The minimum Gasteiger partial charge on any atom is -0.394 e. The monoisotopic (exact) mass is 365 g/mol. The molecule has 0 bridgehead atoms. The summed E-state index contributed by atoms with van der Waals surface area (Å²) in [5.74, 6) is 0. The van der Waals surface area contributed by atoms with Crippen LogP contribution in [-0.2, 0) is 11.2 Å². The maximum absolute atomic E-state index is 12.1. The Bertz CT molecular complexity index is 737. The highest BCUT2D eigenvalue weighted by Crippen LogP contribution is 2.29. The fourth-order valence-corrected chi connectivity index (χ4v) is 3.25. The van der Waals surface area contributed by atoms with Crippen LogP contribution in [0, 0.1) is 0 Å². The molecule has 0 amide bonds. The van der Waals surface area contributed by atoms with Crippen molar-refractivity contribution in [2.75, 3.05) is 6.61 Å². The molecule has 0 aliphatic carbocycles. The van der Waals surface area contributed by atoms with Crippen LogP contribution in [0.1, 0.15) is 63.7 Å². The molecule has 1 aliphatic heterocycles. The molecule has 9 nitrogen and oxygen atoms in total. The Labute approximate surface area is 151 Å². The van der Waals surface area contributed by atoms with E-state index in [1.54, 1.807) is 0 Å². The number of unbranched alkanes of at least 4 members (excludes halogenated alkanes) is 5. The smallest absolute Gasteiger partial charge is 0.330 e. The van der Waals surface area contributed by atoms with E-state index in [9.17, 15) is 14.7 Å². The van der Waals surface area contributed by atoms with Gasteiger partial charge in [0.05, 0.1) is 18.8 Å². The van der Waals surface area contributed by atoms with Gasteiger partial charge in [-0.1, -0.05) is 44.1 Å². The van der Waals surface area contributed by atoms with Crippen molar-refractivity contribution < 1.29 is 9.84 Å². The zero-order chi connectivity index (χ0) is 18.9. The van der Waals surface area contributed by atoms with Crippen LogP contribution in [0.3, 0.4) is 0 Å². The maximum atomic E-state index is 12.1. The van der Waals surface area contributed by atoms with E-state index in [1.807, 2.05) is 0 Å². The molecule has 0 saturated carbocycles. The molecule has 2 N–H and O–H groups in total. The third-order valence-electron chi connectivity index (χ3n) is 4.74. The molecule has 2 rings (SSSR count). The summed E-state index contributed by atoms with van der Waals surface area (Å²) in [6.07, 6.45) is 7.77. The van der Waals surface area contributed by atoms with Crippen molar-refractivity contribution in [3.05, 3.63) is 43.0 Å². The molecule has 144 valence electrons. The van der Waals surface area contributed by atoms with E-state index in [0.717, 1.165) is 19.3 Å². The van der Waals surface area contributed by atoms with Crippen molar-refractivity contribution in [1.82, 2.24) is 9.55 Å². The first-order valence-corrected chi connectivity index (χ1v) is 9.25. The Morgan fingerprint density at radius 1 is 1.35 bits per heavy atom. The summed E-state index contributed by atoms with van der Waals surface area (Å²) in [5.41, 5.74) is 8.21. The van der Waals surface area contributed by atoms with Gasteiger partial charge in [0.25, 0.3) is 5.56 Å². The quantitative estimate of drug-likeness (QED) is 0.285. The number of ether oxygens (including phenoxy) is 1. The molecule has 1 saturated heterocycles. The average molecular weight is 365 g/mol. The van der Waals surface area contributed by atoms with Gasteiger partial charge in [-0.05, 0) is 18.4 Å². The van der Waals surface area contributed by atoms with Gasteiger partial charge in [-0.15, -0.1) is 0 Å². The van der Waals surface area contributed by atoms with Crippen LogP contribution in [0.25, 0.3) is 10.4 Å². The number of rotatable bonds is 10. The summed E-state index contributed by atoms with van der Waals surface area (Å²) in [4.78, 5) is 29.3. The molecule has 0 radical (unpaired) electrons. The number of hydrogen-bond acceptors (Lipinski definition) is 5. The second-order valence-corrected chi connectivity index (χ2v) is 6.66. The number of aryl methyl sites for hydroxylation is 1. The van der Waals surface area contributed by atoms with Crippen LogP contribution in [-0.4, -0.2) is 33.4 Å². The van der Waals surface area contributed by atoms with Crippen LogP contribution in [0.15, 0.2) is 20.9 Å². The highest BCUT2D eigenvalue weighted by atomic mass is 16.5. The normalized spacial score (nSPS) is 22.3. The summed E-state index contributed by atoms with van der Waals surface area (Å²) < 4.78 is 6.96. The Morgan fingerprint density at radius 3 is 2.77 bits per heavy atom. The Kier molecular flexibility index (Phi) is 7.90. The summed E-state index contributed by atoms with van der Waals surface area (Å²) in [6.45, 7) is 1.87. The van der Waals surface area contributed by atoms with Gasteiger partial charge in [0.2, 0.25) is 0 Å².